The molecule has 1 aliphatic carbocycles. The highest BCUT2D eigenvalue weighted by Gasteiger charge is 2.25. The van der Waals surface area contributed by atoms with Crippen molar-refractivity contribution in [3.8, 4) is 5.75 Å². The average Bonchev–Trinajstić information content (AvgIpc) is 3.11. The molecule has 3 aromatic carbocycles. The molecule has 30 heavy (non-hydrogen) atoms. The predicted octanol–water partition coefficient (Wildman–Crippen LogP) is 5.52. The summed E-state index contributed by atoms with van der Waals surface area (Å²) in [5, 5.41) is 2.74. The van der Waals surface area contributed by atoms with Crippen LogP contribution in [0.25, 0.3) is 21.7 Å². The zero-order valence-corrected chi connectivity index (χ0v) is 17.8. The lowest BCUT2D eigenvalue weighted by atomic mass is 9.87. The first-order chi connectivity index (χ1) is 14.5. The van der Waals surface area contributed by atoms with Crippen molar-refractivity contribution in [2.45, 2.75) is 31.1 Å². The van der Waals surface area contributed by atoms with E-state index in [1.165, 1.54) is 5.56 Å². The highest BCUT2D eigenvalue weighted by atomic mass is 32.2. The van der Waals surface area contributed by atoms with E-state index in [1.54, 1.807) is 31.4 Å². The normalized spacial score (nSPS) is 16.5. The highest BCUT2D eigenvalue weighted by Crippen LogP contribution is 2.40. The van der Waals surface area contributed by atoms with Gasteiger partial charge in [0.2, 0.25) is 0 Å². The van der Waals surface area contributed by atoms with Gasteiger partial charge in [0.05, 0.1) is 17.7 Å². The van der Waals surface area contributed by atoms with Gasteiger partial charge in [-0.3, -0.25) is 4.72 Å². The quantitative estimate of drug-likeness (QED) is 0.471. The number of hydrogen-bond donors (Lipinski definition) is 1. The van der Waals surface area contributed by atoms with Crippen molar-refractivity contribution in [1.29, 1.82) is 0 Å². The molecule has 0 aliphatic heterocycles. The molecule has 1 atom stereocenters. The Morgan fingerprint density at radius 1 is 1.03 bits per heavy atom. The number of methoxy groups -OCH3 is 1. The smallest absolute Gasteiger partial charge is 0.261 e. The van der Waals surface area contributed by atoms with Crippen molar-refractivity contribution >= 4 is 37.5 Å². The Balaban J connectivity index is 1.66. The van der Waals surface area contributed by atoms with Gasteiger partial charge in [-0.15, -0.1) is 0 Å². The minimum Gasteiger partial charge on any atom is -0.497 e. The Kier molecular flexibility index (Phi) is 4.47. The number of rotatable bonds is 4. The molecule has 0 spiro atoms. The third-order valence-corrected chi connectivity index (χ3v) is 7.29. The van der Waals surface area contributed by atoms with Crippen molar-refractivity contribution in [2.75, 3.05) is 11.8 Å². The molecule has 4 aromatic rings. The van der Waals surface area contributed by atoms with Crippen LogP contribution in [0.4, 0.5) is 5.69 Å². The van der Waals surface area contributed by atoms with Crippen LogP contribution in [0.2, 0.25) is 0 Å². The van der Waals surface area contributed by atoms with E-state index < -0.39 is 10.0 Å². The van der Waals surface area contributed by atoms with Gasteiger partial charge >= 0.3 is 0 Å². The van der Waals surface area contributed by atoms with E-state index in [0.717, 1.165) is 46.8 Å². The van der Waals surface area contributed by atoms with E-state index >= 15 is 0 Å². The molecule has 5 rings (SSSR count). The zero-order valence-electron chi connectivity index (χ0n) is 16.9. The number of furan rings is 1. The van der Waals surface area contributed by atoms with E-state index in [-0.39, 0.29) is 4.90 Å². The van der Waals surface area contributed by atoms with Crippen LogP contribution in [-0.4, -0.2) is 15.5 Å². The van der Waals surface area contributed by atoms with Gasteiger partial charge in [0, 0.05) is 28.1 Å². The third kappa shape index (κ3) is 3.12. The number of hydrogen-bond acceptors (Lipinski definition) is 4. The van der Waals surface area contributed by atoms with Crippen molar-refractivity contribution in [2.24, 2.45) is 5.92 Å². The van der Waals surface area contributed by atoms with Crippen LogP contribution in [0.1, 0.15) is 24.7 Å². The van der Waals surface area contributed by atoms with Gasteiger partial charge in [0.15, 0.2) is 0 Å². The fourth-order valence-corrected chi connectivity index (χ4v) is 5.39. The third-order valence-electron chi connectivity index (χ3n) is 5.91. The molecule has 1 heterocycles. The van der Waals surface area contributed by atoms with Crippen LogP contribution in [0.5, 0.6) is 5.75 Å². The monoisotopic (exact) mass is 421 g/mol. The van der Waals surface area contributed by atoms with E-state index in [0.29, 0.717) is 17.4 Å². The first-order valence-corrected chi connectivity index (χ1v) is 11.6. The summed E-state index contributed by atoms with van der Waals surface area (Å²) in [4.78, 5) is 0.190. The summed E-state index contributed by atoms with van der Waals surface area (Å²) >= 11 is 0. The average molecular weight is 422 g/mol. The fourth-order valence-electron chi connectivity index (χ4n) is 4.31. The van der Waals surface area contributed by atoms with Crippen molar-refractivity contribution < 1.29 is 17.6 Å². The Morgan fingerprint density at radius 2 is 1.77 bits per heavy atom. The first kappa shape index (κ1) is 19.0. The maximum Gasteiger partial charge on any atom is 0.261 e. The van der Waals surface area contributed by atoms with Gasteiger partial charge in [-0.25, -0.2) is 8.42 Å². The van der Waals surface area contributed by atoms with E-state index in [1.807, 2.05) is 30.3 Å². The van der Waals surface area contributed by atoms with Gasteiger partial charge in [0.1, 0.15) is 17.1 Å². The first-order valence-electron chi connectivity index (χ1n) is 10.1. The predicted molar refractivity (Wildman–Crippen MR) is 119 cm³/mol. The lowest BCUT2D eigenvalue weighted by Crippen LogP contribution is -2.13. The van der Waals surface area contributed by atoms with Crippen LogP contribution >= 0.6 is 0 Å². The second-order valence-electron chi connectivity index (χ2n) is 7.98. The van der Waals surface area contributed by atoms with Crippen LogP contribution in [0.15, 0.2) is 63.9 Å². The molecule has 0 amide bonds. The van der Waals surface area contributed by atoms with E-state index in [2.05, 4.69) is 11.6 Å². The number of anilines is 1. The summed E-state index contributed by atoms with van der Waals surface area (Å²) in [7, 11) is -2.20. The number of nitrogens with one attached hydrogen (secondary N) is 1. The van der Waals surface area contributed by atoms with Gasteiger partial charge in [-0.1, -0.05) is 31.2 Å². The van der Waals surface area contributed by atoms with Gasteiger partial charge in [-0.05, 0) is 49.1 Å². The summed E-state index contributed by atoms with van der Waals surface area (Å²) in [5.74, 6) is 2.23. The van der Waals surface area contributed by atoms with E-state index in [4.69, 9.17) is 9.15 Å². The molecule has 1 aliphatic rings. The molecule has 0 fully saturated rings. The summed E-state index contributed by atoms with van der Waals surface area (Å²) < 4.78 is 40.4. The van der Waals surface area contributed by atoms with E-state index in [9.17, 15) is 8.42 Å². The maximum atomic E-state index is 13.1. The van der Waals surface area contributed by atoms with Crippen LogP contribution in [-0.2, 0) is 22.9 Å². The molecule has 6 heteroatoms. The Morgan fingerprint density at radius 3 is 2.50 bits per heavy atom. The molecule has 0 saturated heterocycles. The molecule has 1 N–H and O–H groups in total. The second-order valence-corrected chi connectivity index (χ2v) is 9.66. The molecule has 0 saturated carbocycles. The largest absolute Gasteiger partial charge is 0.497 e. The topological polar surface area (TPSA) is 68.5 Å². The van der Waals surface area contributed by atoms with Crippen molar-refractivity contribution in [1.82, 2.24) is 0 Å². The molecular weight excluding hydrogens is 398 g/mol. The lowest BCUT2D eigenvalue weighted by Gasteiger charge is -2.17. The highest BCUT2D eigenvalue weighted by molar-refractivity contribution is 7.92. The number of aryl methyl sites for hydroxylation is 1. The second kappa shape index (κ2) is 7.06. The van der Waals surface area contributed by atoms with Crippen molar-refractivity contribution in [3.05, 3.63) is 65.9 Å². The zero-order chi connectivity index (χ0) is 20.9. The fraction of sp³-hybridized carbons (Fsp3) is 0.250. The minimum atomic E-state index is -3.75. The molecule has 0 radical (unpaired) electrons. The molecule has 5 nitrogen and oxygen atoms in total. The van der Waals surface area contributed by atoms with Crippen LogP contribution in [0, 0.1) is 5.92 Å². The van der Waals surface area contributed by atoms with Crippen LogP contribution < -0.4 is 9.46 Å². The molecule has 1 aromatic heterocycles. The summed E-state index contributed by atoms with van der Waals surface area (Å²) in [6.45, 7) is 2.25. The molecule has 0 bridgehead atoms. The summed E-state index contributed by atoms with van der Waals surface area (Å²) in [6, 6.07) is 16.1. The number of benzene rings is 3. The van der Waals surface area contributed by atoms with Gasteiger partial charge in [-0.2, -0.15) is 0 Å². The van der Waals surface area contributed by atoms with Crippen molar-refractivity contribution in [3.63, 3.8) is 0 Å². The number of sulfonamides is 1. The maximum absolute atomic E-state index is 13.1. The van der Waals surface area contributed by atoms with Gasteiger partial charge in [0.25, 0.3) is 10.0 Å². The SMILES string of the molecule is COc1ccc(S(=O)(=O)Nc2cc3c4c(oc3c3ccccc23)CC[C@@H](C)C4)cc1. The Labute approximate surface area is 175 Å². The molecule has 154 valence electrons. The molecular formula is C24H23NO4S. The number of ether oxygens (including phenoxy) is 1. The summed E-state index contributed by atoms with van der Waals surface area (Å²) in [5.41, 5.74) is 2.62. The van der Waals surface area contributed by atoms with Crippen LogP contribution in [0.3, 0.4) is 0 Å². The minimum absolute atomic E-state index is 0.190. The Hall–Kier alpha value is -2.99. The lowest BCUT2D eigenvalue weighted by molar-refractivity contribution is 0.414. The summed E-state index contributed by atoms with van der Waals surface area (Å²) in [6.07, 6.45) is 2.99. The van der Waals surface area contributed by atoms with Gasteiger partial charge < -0.3 is 9.15 Å². The standard InChI is InChI=1S/C24H23NO4S/c1-15-7-12-23-20(13-15)21-14-22(18-5-3-4-6-19(18)24(21)29-23)25-30(26,27)17-10-8-16(28-2)9-11-17/h3-6,8-11,14-15,25H,7,12-13H2,1-2H3/t15-/m1/s1. The Bertz CT molecular complexity index is 1350. The molecule has 0 unspecified atom stereocenters. The number of fused-ring (bicyclic) bond motifs is 5.